The van der Waals surface area contributed by atoms with Crippen molar-refractivity contribution < 1.29 is 5.11 Å². The predicted molar refractivity (Wildman–Crippen MR) is 73.2 cm³/mol. The molecule has 2 heteroatoms. The first-order valence-corrected chi connectivity index (χ1v) is 6.55. The highest BCUT2D eigenvalue weighted by molar-refractivity contribution is 5.14. The molecule has 0 heterocycles. The third kappa shape index (κ3) is 5.33. The Morgan fingerprint density at radius 2 is 1.88 bits per heavy atom. The minimum atomic E-state index is -0.195. The highest BCUT2D eigenvalue weighted by atomic mass is 16.3. The molecular formula is C15H25NO. The van der Waals surface area contributed by atoms with Crippen molar-refractivity contribution in [2.24, 2.45) is 0 Å². The van der Waals surface area contributed by atoms with Crippen LogP contribution in [0.15, 0.2) is 30.3 Å². The minimum absolute atomic E-state index is 0.195. The Bertz CT molecular complexity index is 299. The second-order valence-electron chi connectivity index (χ2n) is 4.87. The maximum atomic E-state index is 9.62. The molecule has 2 unspecified atom stereocenters. The maximum absolute atomic E-state index is 9.62. The fourth-order valence-electron chi connectivity index (χ4n) is 1.88. The lowest BCUT2D eigenvalue weighted by atomic mass is 10.1. The first kappa shape index (κ1) is 14.2. The summed E-state index contributed by atoms with van der Waals surface area (Å²) in [6.07, 6.45) is 2.88. The SMILES string of the molecule is CCC(O)CN(C)C(C)CCc1ccccc1. The van der Waals surface area contributed by atoms with Crippen LogP contribution in [0, 0.1) is 0 Å². The summed E-state index contributed by atoms with van der Waals surface area (Å²) in [4.78, 5) is 2.25. The summed E-state index contributed by atoms with van der Waals surface area (Å²) >= 11 is 0. The number of hydrogen-bond donors (Lipinski definition) is 1. The van der Waals surface area contributed by atoms with Crippen molar-refractivity contribution in [3.8, 4) is 0 Å². The summed E-state index contributed by atoms with van der Waals surface area (Å²) in [6.45, 7) is 5.02. The van der Waals surface area contributed by atoms with Gasteiger partial charge in [-0.1, -0.05) is 37.3 Å². The molecule has 0 aliphatic carbocycles. The molecule has 1 rings (SSSR count). The molecule has 1 aromatic carbocycles. The summed E-state index contributed by atoms with van der Waals surface area (Å²) in [5, 5.41) is 9.62. The van der Waals surface area contributed by atoms with E-state index in [9.17, 15) is 5.11 Å². The Kier molecular flexibility index (Phi) is 6.23. The normalized spacial score (nSPS) is 14.9. The lowest BCUT2D eigenvalue weighted by Crippen LogP contribution is -2.35. The molecule has 0 fully saturated rings. The van der Waals surface area contributed by atoms with Gasteiger partial charge in [0.15, 0.2) is 0 Å². The van der Waals surface area contributed by atoms with Gasteiger partial charge in [0, 0.05) is 12.6 Å². The molecule has 17 heavy (non-hydrogen) atoms. The molecule has 0 aromatic heterocycles. The second kappa shape index (κ2) is 7.46. The van der Waals surface area contributed by atoms with Gasteiger partial charge in [0.25, 0.3) is 0 Å². The summed E-state index contributed by atoms with van der Waals surface area (Å²) in [5.74, 6) is 0. The van der Waals surface area contributed by atoms with Gasteiger partial charge in [0.1, 0.15) is 0 Å². The van der Waals surface area contributed by atoms with E-state index in [1.54, 1.807) is 0 Å². The molecule has 0 radical (unpaired) electrons. The number of hydrogen-bond acceptors (Lipinski definition) is 2. The lowest BCUT2D eigenvalue weighted by molar-refractivity contribution is 0.103. The van der Waals surface area contributed by atoms with E-state index in [0.29, 0.717) is 6.04 Å². The van der Waals surface area contributed by atoms with E-state index in [-0.39, 0.29) is 6.10 Å². The lowest BCUT2D eigenvalue weighted by Gasteiger charge is -2.26. The maximum Gasteiger partial charge on any atom is 0.0664 e. The van der Waals surface area contributed by atoms with Gasteiger partial charge < -0.3 is 10.0 Å². The van der Waals surface area contributed by atoms with Crippen molar-refractivity contribution in [1.82, 2.24) is 4.90 Å². The van der Waals surface area contributed by atoms with Crippen LogP contribution in [-0.4, -0.2) is 35.7 Å². The van der Waals surface area contributed by atoms with Crippen molar-refractivity contribution in [2.45, 2.75) is 45.3 Å². The van der Waals surface area contributed by atoms with Crippen molar-refractivity contribution in [3.63, 3.8) is 0 Å². The van der Waals surface area contributed by atoms with E-state index >= 15 is 0 Å². The van der Waals surface area contributed by atoms with Crippen LogP contribution in [0.4, 0.5) is 0 Å². The van der Waals surface area contributed by atoms with Crippen molar-refractivity contribution in [2.75, 3.05) is 13.6 Å². The molecule has 0 aliphatic heterocycles. The Balaban J connectivity index is 2.31. The average molecular weight is 235 g/mol. The Labute approximate surface area is 105 Å². The molecule has 1 N–H and O–H groups in total. The Hall–Kier alpha value is -0.860. The van der Waals surface area contributed by atoms with Crippen molar-refractivity contribution in [3.05, 3.63) is 35.9 Å². The molecule has 0 amide bonds. The van der Waals surface area contributed by atoms with Crippen LogP contribution in [0.25, 0.3) is 0 Å². The van der Waals surface area contributed by atoms with Gasteiger partial charge in [-0.3, -0.25) is 0 Å². The van der Waals surface area contributed by atoms with Gasteiger partial charge in [-0.2, -0.15) is 0 Å². The van der Waals surface area contributed by atoms with E-state index < -0.39 is 0 Å². The van der Waals surface area contributed by atoms with Gasteiger partial charge in [-0.25, -0.2) is 0 Å². The first-order valence-electron chi connectivity index (χ1n) is 6.55. The molecular weight excluding hydrogens is 210 g/mol. The number of rotatable bonds is 7. The number of aryl methyl sites for hydroxylation is 1. The van der Waals surface area contributed by atoms with Gasteiger partial charge in [-0.15, -0.1) is 0 Å². The van der Waals surface area contributed by atoms with Crippen LogP contribution in [0.3, 0.4) is 0 Å². The number of aliphatic hydroxyl groups excluding tert-OH is 1. The fourth-order valence-corrected chi connectivity index (χ4v) is 1.88. The van der Waals surface area contributed by atoms with Crippen molar-refractivity contribution >= 4 is 0 Å². The monoisotopic (exact) mass is 235 g/mol. The van der Waals surface area contributed by atoms with Crippen molar-refractivity contribution in [1.29, 1.82) is 0 Å². The standard InChI is InChI=1S/C15H25NO/c1-4-15(17)12-16(3)13(2)10-11-14-8-6-5-7-9-14/h5-9,13,15,17H,4,10-12H2,1-3H3. The zero-order valence-electron chi connectivity index (χ0n) is 11.3. The Morgan fingerprint density at radius 3 is 2.47 bits per heavy atom. The minimum Gasteiger partial charge on any atom is -0.392 e. The van der Waals surface area contributed by atoms with E-state index in [0.717, 1.165) is 25.8 Å². The quantitative estimate of drug-likeness (QED) is 0.785. The van der Waals surface area contributed by atoms with Crippen LogP contribution < -0.4 is 0 Å². The first-order chi connectivity index (χ1) is 8.13. The molecule has 2 atom stereocenters. The summed E-state index contributed by atoms with van der Waals surface area (Å²) < 4.78 is 0. The van der Waals surface area contributed by atoms with Gasteiger partial charge in [0.05, 0.1) is 6.10 Å². The number of aliphatic hydroxyl groups is 1. The van der Waals surface area contributed by atoms with Crippen LogP contribution in [0.5, 0.6) is 0 Å². The van der Waals surface area contributed by atoms with Gasteiger partial charge in [0.2, 0.25) is 0 Å². The number of benzene rings is 1. The van der Waals surface area contributed by atoms with E-state index in [1.165, 1.54) is 5.56 Å². The third-order valence-corrected chi connectivity index (χ3v) is 3.42. The molecule has 96 valence electrons. The largest absolute Gasteiger partial charge is 0.392 e. The van der Waals surface area contributed by atoms with E-state index in [4.69, 9.17) is 0 Å². The van der Waals surface area contributed by atoms with E-state index in [1.807, 2.05) is 6.92 Å². The number of likely N-dealkylation sites (N-methyl/N-ethyl adjacent to an activating group) is 1. The topological polar surface area (TPSA) is 23.5 Å². The van der Waals surface area contributed by atoms with Gasteiger partial charge in [-0.05, 0) is 38.8 Å². The van der Waals surface area contributed by atoms with Crippen LogP contribution in [-0.2, 0) is 6.42 Å². The zero-order valence-corrected chi connectivity index (χ0v) is 11.3. The molecule has 0 saturated carbocycles. The summed E-state index contributed by atoms with van der Waals surface area (Å²) in [7, 11) is 2.09. The molecule has 2 nitrogen and oxygen atoms in total. The molecule has 0 aliphatic rings. The van der Waals surface area contributed by atoms with Gasteiger partial charge >= 0.3 is 0 Å². The average Bonchev–Trinajstić information content (AvgIpc) is 2.36. The van der Waals surface area contributed by atoms with Crippen LogP contribution in [0.1, 0.15) is 32.3 Å². The molecule has 0 spiro atoms. The molecule has 1 aromatic rings. The summed E-state index contributed by atoms with van der Waals surface area (Å²) in [6, 6.07) is 11.1. The van der Waals surface area contributed by atoms with Crippen LogP contribution >= 0.6 is 0 Å². The molecule has 0 bridgehead atoms. The van der Waals surface area contributed by atoms with E-state index in [2.05, 4.69) is 49.2 Å². The fraction of sp³-hybridized carbons (Fsp3) is 0.600. The second-order valence-corrected chi connectivity index (χ2v) is 4.87. The molecule has 0 saturated heterocycles. The summed E-state index contributed by atoms with van der Waals surface area (Å²) in [5.41, 5.74) is 1.39. The van der Waals surface area contributed by atoms with Crippen LogP contribution in [0.2, 0.25) is 0 Å². The smallest absolute Gasteiger partial charge is 0.0664 e. The highest BCUT2D eigenvalue weighted by Gasteiger charge is 2.12. The zero-order chi connectivity index (χ0) is 12.7. The highest BCUT2D eigenvalue weighted by Crippen LogP contribution is 2.09. The third-order valence-electron chi connectivity index (χ3n) is 3.42. The Morgan fingerprint density at radius 1 is 1.24 bits per heavy atom. The number of nitrogens with zero attached hydrogens (tertiary/aromatic N) is 1. The predicted octanol–water partition coefficient (Wildman–Crippen LogP) is 2.71.